The van der Waals surface area contributed by atoms with Crippen molar-refractivity contribution in [1.82, 2.24) is 9.13 Å². The van der Waals surface area contributed by atoms with Crippen LogP contribution in [0.3, 0.4) is 0 Å². The van der Waals surface area contributed by atoms with Gasteiger partial charge in [-0.2, -0.15) is 5.26 Å². The summed E-state index contributed by atoms with van der Waals surface area (Å²) in [5, 5.41) is 14.7. The molecular formula is C55H38F5N3. The van der Waals surface area contributed by atoms with Crippen molar-refractivity contribution >= 4 is 43.6 Å². The van der Waals surface area contributed by atoms with E-state index in [9.17, 15) is 9.65 Å². The zero-order valence-electron chi connectivity index (χ0n) is 35.3. The number of rotatable bonds is 5. The third kappa shape index (κ3) is 5.98. The zero-order chi connectivity index (χ0) is 44.2. The van der Waals surface area contributed by atoms with E-state index in [4.69, 9.17) is 0 Å². The van der Waals surface area contributed by atoms with Crippen molar-refractivity contribution in [2.24, 2.45) is 0 Å². The Bertz CT molecular complexity index is 3390. The number of hydrogen-bond acceptors (Lipinski definition) is 1. The second-order valence-electron chi connectivity index (χ2n) is 16.7. The Morgan fingerprint density at radius 3 is 1.14 bits per heavy atom. The van der Waals surface area contributed by atoms with Gasteiger partial charge in [-0.15, -0.1) is 0 Å². The molecule has 0 aliphatic rings. The summed E-state index contributed by atoms with van der Waals surface area (Å²) < 4.78 is 80.5. The highest BCUT2D eigenvalue weighted by Crippen LogP contribution is 2.44. The van der Waals surface area contributed by atoms with Crippen LogP contribution in [-0.4, -0.2) is 9.13 Å². The lowest BCUT2D eigenvalue weighted by atomic mass is 9.93. The summed E-state index contributed by atoms with van der Waals surface area (Å²) in [6, 6.07) is 41.0. The van der Waals surface area contributed by atoms with E-state index in [1.807, 2.05) is 81.9 Å². The molecule has 0 bridgehead atoms. The molecule has 0 saturated heterocycles. The molecule has 2 heterocycles. The molecule has 0 N–H and O–H groups in total. The van der Waals surface area contributed by atoms with Crippen molar-refractivity contribution in [1.29, 1.82) is 5.26 Å². The lowest BCUT2D eigenvalue weighted by molar-refractivity contribution is 0.381. The normalized spacial score (nSPS) is 11.7. The molecule has 8 aromatic carbocycles. The Morgan fingerprint density at radius 1 is 0.381 bits per heavy atom. The van der Waals surface area contributed by atoms with Gasteiger partial charge in [0.25, 0.3) is 0 Å². The number of nitrogens with zero attached hydrogens (tertiary/aromatic N) is 3. The molecule has 8 heteroatoms. The first-order valence-corrected chi connectivity index (χ1v) is 20.6. The maximum Gasteiger partial charge on any atom is 0.200 e. The van der Waals surface area contributed by atoms with Crippen LogP contribution in [0.25, 0.3) is 88.4 Å². The van der Waals surface area contributed by atoms with Crippen molar-refractivity contribution in [3.8, 4) is 50.8 Å². The van der Waals surface area contributed by atoms with Gasteiger partial charge in [0.2, 0.25) is 5.82 Å². The molecule has 0 radical (unpaired) electrons. The summed E-state index contributed by atoms with van der Waals surface area (Å²) in [5.41, 5.74) is 12.7. The molecule has 0 aliphatic carbocycles. The van der Waals surface area contributed by atoms with Crippen molar-refractivity contribution in [3.05, 3.63) is 189 Å². The quantitative estimate of drug-likeness (QED) is 0.0966. The van der Waals surface area contributed by atoms with E-state index in [1.165, 1.54) is 12.1 Å². The molecule has 0 aliphatic heterocycles. The van der Waals surface area contributed by atoms with Crippen molar-refractivity contribution in [3.63, 3.8) is 0 Å². The minimum Gasteiger partial charge on any atom is -0.308 e. The average molecular weight is 836 g/mol. The lowest BCUT2D eigenvalue weighted by Gasteiger charge is -2.19. The number of aryl methyl sites for hydroxylation is 6. The van der Waals surface area contributed by atoms with Crippen LogP contribution in [0.5, 0.6) is 0 Å². The Hall–Kier alpha value is -7.50. The number of nitriles is 1. The summed E-state index contributed by atoms with van der Waals surface area (Å²) in [5.74, 6) is -10.3. The fraction of sp³-hybridized carbons (Fsp3) is 0.109. The van der Waals surface area contributed by atoms with Gasteiger partial charge < -0.3 is 9.13 Å². The maximum absolute atomic E-state index is 16.0. The Balaban J connectivity index is 1.33. The minimum atomic E-state index is -2.25. The fourth-order valence-corrected chi connectivity index (χ4v) is 10.1. The van der Waals surface area contributed by atoms with Crippen LogP contribution in [0, 0.1) is 82.0 Å². The van der Waals surface area contributed by atoms with Gasteiger partial charge in [-0.05, 0) is 140 Å². The Morgan fingerprint density at radius 2 is 0.746 bits per heavy atom. The van der Waals surface area contributed by atoms with Gasteiger partial charge in [-0.3, -0.25) is 0 Å². The van der Waals surface area contributed by atoms with Crippen LogP contribution in [0.15, 0.2) is 121 Å². The standard InChI is InChI=1S/C55H38F5N3/c1-28-19-30(3)48(31(4)20-28)34-15-17-44-39(23-34)37-11-7-9-13-42(37)62(44)46-25-36(50-51(56)53(58)55(60)54(59)52(50)57)26-47(41(46)27-61)63-43-14-10-8-12-38(43)40-24-35(16-18-45(40)63)49-32(5)21-29(2)22-33(49)6/h7-26H,1-6H3. The van der Waals surface area contributed by atoms with Crippen LogP contribution in [0.2, 0.25) is 0 Å². The Kier molecular flexibility index (Phi) is 9.16. The van der Waals surface area contributed by atoms with Gasteiger partial charge in [0, 0.05) is 21.5 Å². The van der Waals surface area contributed by atoms with Crippen molar-refractivity contribution in [2.45, 2.75) is 41.5 Å². The summed E-state index contributed by atoms with van der Waals surface area (Å²) in [6.45, 7) is 12.4. The van der Waals surface area contributed by atoms with E-state index in [0.29, 0.717) is 22.1 Å². The maximum atomic E-state index is 16.0. The summed E-state index contributed by atoms with van der Waals surface area (Å²) in [7, 11) is 0. The van der Waals surface area contributed by atoms with Crippen LogP contribution >= 0.6 is 0 Å². The highest BCUT2D eigenvalue weighted by Gasteiger charge is 2.30. The van der Waals surface area contributed by atoms with Crippen LogP contribution < -0.4 is 0 Å². The molecule has 10 rings (SSSR count). The van der Waals surface area contributed by atoms with E-state index in [1.54, 1.807) is 0 Å². The highest BCUT2D eigenvalue weighted by atomic mass is 19.2. The van der Waals surface area contributed by atoms with E-state index < -0.39 is 34.6 Å². The van der Waals surface area contributed by atoms with E-state index in [2.05, 4.69) is 84.0 Å². The summed E-state index contributed by atoms with van der Waals surface area (Å²) >= 11 is 0. The van der Waals surface area contributed by atoms with Crippen LogP contribution in [0.1, 0.15) is 38.9 Å². The monoisotopic (exact) mass is 835 g/mol. The highest BCUT2D eigenvalue weighted by molar-refractivity contribution is 6.12. The molecule has 0 fully saturated rings. The molecule has 0 amide bonds. The van der Waals surface area contributed by atoms with Gasteiger partial charge in [0.15, 0.2) is 23.3 Å². The molecule has 2 aromatic heterocycles. The first-order valence-electron chi connectivity index (χ1n) is 20.6. The van der Waals surface area contributed by atoms with Crippen molar-refractivity contribution < 1.29 is 22.0 Å². The number of para-hydroxylation sites is 2. The topological polar surface area (TPSA) is 33.6 Å². The van der Waals surface area contributed by atoms with E-state index >= 15 is 17.6 Å². The van der Waals surface area contributed by atoms with Gasteiger partial charge >= 0.3 is 0 Å². The number of benzene rings is 8. The van der Waals surface area contributed by atoms with E-state index in [-0.39, 0.29) is 22.5 Å². The lowest BCUT2D eigenvalue weighted by Crippen LogP contribution is -2.08. The number of aromatic nitrogens is 2. The molecule has 10 aromatic rings. The second-order valence-corrected chi connectivity index (χ2v) is 16.7. The predicted molar refractivity (Wildman–Crippen MR) is 244 cm³/mol. The van der Waals surface area contributed by atoms with Crippen LogP contribution in [0.4, 0.5) is 22.0 Å². The average Bonchev–Trinajstić information content (AvgIpc) is 3.76. The summed E-state index contributed by atoms with van der Waals surface area (Å²) in [4.78, 5) is 0. The second kappa shape index (κ2) is 14.6. The minimum absolute atomic E-state index is 0.122. The first kappa shape index (κ1) is 39.6. The van der Waals surface area contributed by atoms with Gasteiger partial charge in [0.1, 0.15) is 11.6 Å². The van der Waals surface area contributed by atoms with Gasteiger partial charge in [0.05, 0.1) is 39.0 Å². The number of fused-ring (bicyclic) bond motifs is 6. The van der Waals surface area contributed by atoms with E-state index in [0.717, 1.165) is 77.2 Å². The third-order valence-electron chi connectivity index (χ3n) is 12.5. The van der Waals surface area contributed by atoms with Gasteiger partial charge in [-0.1, -0.05) is 83.9 Å². The van der Waals surface area contributed by atoms with Gasteiger partial charge in [-0.25, -0.2) is 22.0 Å². The Labute approximate surface area is 360 Å². The molecule has 0 atom stereocenters. The molecule has 308 valence electrons. The smallest absolute Gasteiger partial charge is 0.200 e. The first-order chi connectivity index (χ1) is 30.3. The fourth-order valence-electron chi connectivity index (χ4n) is 10.1. The molecular weight excluding hydrogens is 798 g/mol. The number of halogens is 5. The zero-order valence-corrected chi connectivity index (χ0v) is 35.3. The molecule has 3 nitrogen and oxygen atoms in total. The van der Waals surface area contributed by atoms with Crippen LogP contribution in [-0.2, 0) is 0 Å². The molecule has 0 saturated carbocycles. The predicted octanol–water partition coefficient (Wildman–Crippen LogP) is 15.3. The van der Waals surface area contributed by atoms with Crippen molar-refractivity contribution in [2.75, 3.05) is 0 Å². The SMILES string of the molecule is Cc1cc(C)c(-c2ccc3c(c2)c2ccccc2n3-c2cc(-c3c(F)c(F)c(F)c(F)c3F)cc(-n3c4ccccc4c4cc(-c5c(C)cc(C)cc5C)ccc43)c2C#N)c(C)c1. The third-order valence-corrected chi connectivity index (χ3v) is 12.5. The molecule has 0 unspecified atom stereocenters. The largest absolute Gasteiger partial charge is 0.308 e. The summed E-state index contributed by atoms with van der Waals surface area (Å²) in [6.07, 6.45) is 0. The molecule has 0 spiro atoms. The molecule has 63 heavy (non-hydrogen) atoms. The number of hydrogen-bond donors (Lipinski definition) is 0.